The number of carbonyl (C=O) groups is 1. The molecule has 176 valence electrons. The number of benzene rings is 1. The first-order chi connectivity index (χ1) is 15.5. The summed E-state index contributed by atoms with van der Waals surface area (Å²) in [5.74, 6) is -2.61. The molecule has 0 bridgehead atoms. The Balaban J connectivity index is 1.64. The van der Waals surface area contributed by atoms with Gasteiger partial charge in [0, 0.05) is 25.1 Å². The van der Waals surface area contributed by atoms with Gasteiger partial charge >= 0.3 is 6.09 Å². The van der Waals surface area contributed by atoms with Crippen LogP contribution in [0, 0.1) is 24.4 Å². The number of rotatable bonds is 3. The molecule has 0 radical (unpaired) electrons. The summed E-state index contributed by atoms with van der Waals surface area (Å²) in [5, 5.41) is 15.4. The van der Waals surface area contributed by atoms with Crippen molar-refractivity contribution < 1.29 is 22.7 Å². The zero-order chi connectivity index (χ0) is 23.9. The zero-order valence-corrected chi connectivity index (χ0v) is 18.8. The molecule has 0 unspecified atom stereocenters. The second-order valence-electron chi connectivity index (χ2n) is 9.09. The number of halogens is 3. The second-order valence-corrected chi connectivity index (χ2v) is 9.09. The van der Waals surface area contributed by atoms with E-state index in [0.29, 0.717) is 36.3 Å². The van der Waals surface area contributed by atoms with Gasteiger partial charge in [-0.2, -0.15) is 4.52 Å². The fourth-order valence-corrected chi connectivity index (χ4v) is 4.01. The van der Waals surface area contributed by atoms with E-state index in [0.717, 1.165) is 6.07 Å². The number of fused-ring (bicyclic) bond motifs is 1. The minimum Gasteiger partial charge on any atom is -0.444 e. The third-order valence-corrected chi connectivity index (χ3v) is 5.48. The molecule has 8 nitrogen and oxygen atoms in total. The number of aromatic nitrogens is 4. The predicted molar refractivity (Wildman–Crippen MR) is 115 cm³/mol. The van der Waals surface area contributed by atoms with Gasteiger partial charge in [0.25, 0.3) is 0 Å². The number of aryl methyl sites for hydroxylation is 1. The lowest BCUT2D eigenvalue weighted by molar-refractivity contribution is 0.0492. The quantitative estimate of drug-likeness (QED) is 0.597. The standard InChI is InChI=1S/C22H25F3N6O2/c1-12-27-28-19-5-6-20(29-31(12)19)30-8-7-13(14-9-16(24)17(25)10-15(14)23)18(11-30)26-21(32)33-22(2,3)4/h5-6,9-10,13,18H,7-8,11H2,1-4H3,(H,26,32)/t13-,18+/m1/s1. The molecular formula is C22H25F3N6O2. The van der Waals surface area contributed by atoms with E-state index in [2.05, 4.69) is 20.6 Å². The van der Waals surface area contributed by atoms with Crippen LogP contribution in [0.15, 0.2) is 24.3 Å². The Bertz CT molecular complexity index is 1190. The summed E-state index contributed by atoms with van der Waals surface area (Å²) in [7, 11) is 0. The molecule has 0 spiro atoms. The Labute approximate surface area is 188 Å². The van der Waals surface area contributed by atoms with Crippen LogP contribution >= 0.6 is 0 Å². The number of ether oxygens (including phenoxy) is 1. The first-order valence-electron chi connectivity index (χ1n) is 10.6. The van der Waals surface area contributed by atoms with Crippen LogP contribution in [-0.4, -0.2) is 50.6 Å². The maximum Gasteiger partial charge on any atom is 0.407 e. The molecule has 0 aliphatic carbocycles. The molecule has 1 aliphatic heterocycles. The molecule has 1 fully saturated rings. The van der Waals surface area contributed by atoms with Crippen molar-refractivity contribution in [1.29, 1.82) is 0 Å². The Kier molecular flexibility index (Phi) is 5.89. The van der Waals surface area contributed by atoms with E-state index in [1.165, 1.54) is 0 Å². The fraction of sp³-hybridized carbons (Fsp3) is 0.455. The number of nitrogens with zero attached hydrogens (tertiary/aromatic N) is 5. The highest BCUT2D eigenvalue weighted by atomic mass is 19.2. The Morgan fingerprint density at radius 1 is 1.12 bits per heavy atom. The number of amides is 1. The number of anilines is 1. The number of carbonyl (C=O) groups excluding carboxylic acids is 1. The van der Waals surface area contributed by atoms with Crippen molar-refractivity contribution in [2.75, 3.05) is 18.0 Å². The van der Waals surface area contributed by atoms with E-state index in [1.807, 2.05) is 4.90 Å². The van der Waals surface area contributed by atoms with Gasteiger partial charge in [0.1, 0.15) is 17.2 Å². The number of nitrogens with one attached hydrogen (secondary N) is 1. The minimum absolute atomic E-state index is 0.00711. The lowest BCUT2D eigenvalue weighted by Gasteiger charge is -2.40. The van der Waals surface area contributed by atoms with Crippen LogP contribution in [-0.2, 0) is 4.74 Å². The molecule has 1 N–H and O–H groups in total. The maximum absolute atomic E-state index is 14.6. The normalized spacial score (nSPS) is 19.1. The molecule has 4 rings (SSSR count). The van der Waals surface area contributed by atoms with Crippen molar-refractivity contribution in [2.45, 2.75) is 51.7 Å². The summed E-state index contributed by atoms with van der Waals surface area (Å²) in [6, 6.07) is 4.31. The third kappa shape index (κ3) is 4.86. The SMILES string of the molecule is Cc1nnc2ccc(N3CC[C@H](c4cc(F)c(F)cc4F)[C@@H](NC(=O)OC(C)(C)C)C3)nn12. The molecule has 1 amide bonds. The van der Waals surface area contributed by atoms with Crippen LogP contribution in [0.5, 0.6) is 0 Å². The minimum atomic E-state index is -1.26. The zero-order valence-electron chi connectivity index (χ0n) is 18.8. The Morgan fingerprint density at radius 3 is 2.58 bits per heavy atom. The van der Waals surface area contributed by atoms with Crippen LogP contribution in [0.2, 0.25) is 0 Å². The van der Waals surface area contributed by atoms with E-state index >= 15 is 0 Å². The first kappa shape index (κ1) is 22.8. The summed E-state index contributed by atoms with van der Waals surface area (Å²) >= 11 is 0. The Morgan fingerprint density at radius 2 is 1.85 bits per heavy atom. The van der Waals surface area contributed by atoms with E-state index in [9.17, 15) is 18.0 Å². The summed E-state index contributed by atoms with van der Waals surface area (Å²) in [4.78, 5) is 14.4. The van der Waals surface area contributed by atoms with Crippen molar-refractivity contribution in [3.05, 3.63) is 53.1 Å². The maximum atomic E-state index is 14.6. The van der Waals surface area contributed by atoms with Crippen molar-refractivity contribution >= 4 is 17.6 Å². The fourth-order valence-electron chi connectivity index (χ4n) is 4.01. The number of hydrogen-bond acceptors (Lipinski definition) is 6. The number of piperidine rings is 1. The van der Waals surface area contributed by atoms with Crippen molar-refractivity contribution in [3.8, 4) is 0 Å². The van der Waals surface area contributed by atoms with Crippen LogP contribution in [0.3, 0.4) is 0 Å². The van der Waals surface area contributed by atoms with Crippen LogP contribution < -0.4 is 10.2 Å². The van der Waals surface area contributed by atoms with Gasteiger partial charge in [0.05, 0.1) is 6.04 Å². The van der Waals surface area contributed by atoms with E-state index < -0.39 is 41.1 Å². The highest BCUT2D eigenvalue weighted by Gasteiger charge is 2.35. The van der Waals surface area contributed by atoms with Gasteiger partial charge in [-0.05, 0) is 57.9 Å². The van der Waals surface area contributed by atoms with Gasteiger partial charge < -0.3 is 15.0 Å². The molecule has 33 heavy (non-hydrogen) atoms. The van der Waals surface area contributed by atoms with Gasteiger partial charge in [0.2, 0.25) is 0 Å². The lowest BCUT2D eigenvalue weighted by Crippen LogP contribution is -2.53. The molecule has 11 heteroatoms. The van der Waals surface area contributed by atoms with Crippen LogP contribution in [0.1, 0.15) is 44.5 Å². The lowest BCUT2D eigenvalue weighted by atomic mass is 9.84. The number of hydrogen-bond donors (Lipinski definition) is 1. The summed E-state index contributed by atoms with van der Waals surface area (Å²) in [6.07, 6.45) is -0.316. The monoisotopic (exact) mass is 462 g/mol. The molecule has 2 aromatic heterocycles. The smallest absolute Gasteiger partial charge is 0.407 e. The van der Waals surface area contributed by atoms with E-state index in [-0.39, 0.29) is 12.1 Å². The van der Waals surface area contributed by atoms with Gasteiger partial charge in [-0.15, -0.1) is 15.3 Å². The first-order valence-corrected chi connectivity index (χ1v) is 10.6. The molecule has 1 saturated heterocycles. The number of alkyl carbamates (subject to hydrolysis) is 1. The molecule has 3 heterocycles. The van der Waals surface area contributed by atoms with Crippen molar-refractivity contribution in [2.24, 2.45) is 0 Å². The van der Waals surface area contributed by atoms with Crippen molar-refractivity contribution in [1.82, 2.24) is 25.1 Å². The van der Waals surface area contributed by atoms with Gasteiger partial charge in [-0.25, -0.2) is 18.0 Å². The largest absolute Gasteiger partial charge is 0.444 e. The van der Waals surface area contributed by atoms with Gasteiger partial charge in [0.15, 0.2) is 23.1 Å². The van der Waals surface area contributed by atoms with Crippen LogP contribution in [0.4, 0.5) is 23.8 Å². The highest BCUT2D eigenvalue weighted by molar-refractivity contribution is 5.68. The summed E-state index contributed by atoms with van der Waals surface area (Å²) in [6.45, 7) is 7.67. The molecule has 1 aliphatic rings. The summed E-state index contributed by atoms with van der Waals surface area (Å²) < 4.78 is 49.0. The molecule has 2 atom stereocenters. The summed E-state index contributed by atoms with van der Waals surface area (Å²) in [5.41, 5.74) is -0.134. The second kappa shape index (κ2) is 8.53. The Hall–Kier alpha value is -3.37. The topological polar surface area (TPSA) is 84.7 Å². The average Bonchev–Trinajstić information content (AvgIpc) is 3.10. The van der Waals surface area contributed by atoms with E-state index in [4.69, 9.17) is 4.74 Å². The third-order valence-electron chi connectivity index (χ3n) is 5.48. The average molecular weight is 462 g/mol. The molecule has 0 saturated carbocycles. The molecule has 3 aromatic rings. The van der Waals surface area contributed by atoms with E-state index in [1.54, 1.807) is 44.3 Å². The van der Waals surface area contributed by atoms with Crippen LogP contribution in [0.25, 0.3) is 5.65 Å². The molecule has 1 aromatic carbocycles. The van der Waals surface area contributed by atoms with Gasteiger partial charge in [-0.1, -0.05) is 0 Å². The van der Waals surface area contributed by atoms with Gasteiger partial charge in [-0.3, -0.25) is 0 Å². The van der Waals surface area contributed by atoms with Crippen molar-refractivity contribution in [3.63, 3.8) is 0 Å². The molecular weight excluding hydrogens is 437 g/mol. The predicted octanol–water partition coefficient (Wildman–Crippen LogP) is 3.74. The highest BCUT2D eigenvalue weighted by Crippen LogP contribution is 2.33.